The zero-order valence-electron chi connectivity index (χ0n) is 14.0. The molecule has 0 radical (unpaired) electrons. The molecule has 2 aliphatic rings. The fraction of sp³-hybridized carbons (Fsp3) is 0.350. The number of hydrogen-bond donors (Lipinski definition) is 0. The Bertz CT molecular complexity index is 886. The van der Waals surface area contributed by atoms with E-state index in [9.17, 15) is 13.2 Å². The number of benzene rings is 1. The van der Waals surface area contributed by atoms with Crippen LogP contribution in [0.15, 0.2) is 57.9 Å². The third-order valence-electron chi connectivity index (χ3n) is 4.98. The van der Waals surface area contributed by atoms with Gasteiger partial charge in [0.25, 0.3) is 0 Å². The van der Waals surface area contributed by atoms with Crippen LogP contribution in [0.5, 0.6) is 0 Å². The lowest BCUT2D eigenvalue weighted by molar-refractivity contribution is -0.138. The Morgan fingerprint density at radius 2 is 1.88 bits per heavy atom. The molecule has 5 heteroatoms. The van der Waals surface area contributed by atoms with E-state index >= 15 is 0 Å². The summed E-state index contributed by atoms with van der Waals surface area (Å²) in [6, 6.07) is 5.80. The molecule has 1 aromatic heterocycles. The van der Waals surface area contributed by atoms with Crippen LogP contribution in [0.2, 0.25) is 0 Å². The first-order chi connectivity index (χ1) is 11.8. The summed E-state index contributed by atoms with van der Waals surface area (Å²) in [5.41, 5.74) is 2.79. The van der Waals surface area contributed by atoms with Gasteiger partial charge in [-0.2, -0.15) is 13.2 Å². The van der Waals surface area contributed by atoms with Crippen molar-refractivity contribution in [3.05, 3.63) is 65.1 Å². The molecule has 1 atom stereocenters. The van der Waals surface area contributed by atoms with Crippen molar-refractivity contribution in [2.24, 2.45) is 10.4 Å². The van der Waals surface area contributed by atoms with Crippen molar-refractivity contribution in [3.8, 4) is 0 Å². The lowest BCUT2D eigenvalue weighted by Gasteiger charge is -2.36. The van der Waals surface area contributed by atoms with E-state index in [0.29, 0.717) is 11.3 Å². The van der Waals surface area contributed by atoms with Crippen LogP contribution in [0.25, 0.3) is 0 Å². The first-order valence-electron chi connectivity index (χ1n) is 8.26. The molecular formula is C20H18F3NO. The van der Waals surface area contributed by atoms with Gasteiger partial charge >= 0.3 is 6.18 Å². The van der Waals surface area contributed by atoms with Crippen LogP contribution in [-0.2, 0) is 6.18 Å². The smallest absolute Gasteiger partial charge is 0.416 e. The Kier molecular flexibility index (Phi) is 3.46. The zero-order valence-corrected chi connectivity index (χ0v) is 14.0. The summed E-state index contributed by atoms with van der Waals surface area (Å²) in [4.78, 5) is 4.66. The van der Waals surface area contributed by atoms with Crippen molar-refractivity contribution >= 4 is 11.4 Å². The predicted octanol–water partition coefficient (Wildman–Crippen LogP) is 6.26. The first-order valence-corrected chi connectivity index (χ1v) is 8.26. The molecule has 0 saturated heterocycles. The van der Waals surface area contributed by atoms with Crippen LogP contribution in [0, 0.1) is 5.41 Å². The minimum absolute atomic E-state index is 0.0532. The van der Waals surface area contributed by atoms with Crippen LogP contribution in [0.3, 0.4) is 0 Å². The number of allylic oxidation sites excluding steroid dienone is 2. The van der Waals surface area contributed by atoms with Crippen molar-refractivity contribution in [1.82, 2.24) is 0 Å². The number of alkyl halides is 3. The third kappa shape index (κ3) is 2.71. The second kappa shape index (κ2) is 5.35. The molecule has 0 spiro atoms. The molecule has 1 aromatic carbocycles. The second-order valence-corrected chi connectivity index (χ2v) is 7.49. The largest absolute Gasteiger partial charge is 0.470 e. The fourth-order valence-corrected chi connectivity index (χ4v) is 3.78. The topological polar surface area (TPSA) is 25.5 Å². The van der Waals surface area contributed by atoms with Gasteiger partial charge in [-0.05, 0) is 35.5 Å². The van der Waals surface area contributed by atoms with E-state index < -0.39 is 17.7 Å². The number of hydrogen-bond acceptors (Lipinski definition) is 2. The molecule has 2 aromatic rings. The van der Waals surface area contributed by atoms with E-state index in [4.69, 9.17) is 4.42 Å². The molecule has 4 rings (SSSR count). The van der Waals surface area contributed by atoms with Gasteiger partial charge in [-0.3, -0.25) is 0 Å². The summed E-state index contributed by atoms with van der Waals surface area (Å²) in [6.45, 7) is 4.29. The molecule has 0 amide bonds. The van der Waals surface area contributed by atoms with Crippen molar-refractivity contribution in [1.29, 1.82) is 0 Å². The van der Waals surface area contributed by atoms with Crippen molar-refractivity contribution in [2.75, 3.05) is 0 Å². The van der Waals surface area contributed by atoms with Gasteiger partial charge in [0.1, 0.15) is 12.0 Å². The van der Waals surface area contributed by atoms with Crippen LogP contribution in [0.1, 0.15) is 49.3 Å². The zero-order chi connectivity index (χ0) is 17.8. The van der Waals surface area contributed by atoms with Gasteiger partial charge in [0, 0.05) is 17.2 Å². The highest BCUT2D eigenvalue weighted by molar-refractivity contribution is 6.06. The molecule has 0 bridgehead atoms. The second-order valence-electron chi connectivity index (χ2n) is 7.49. The SMILES string of the molecule is CC1(C)CC=C2C(=Nc3cocc3C2c2ccccc2C(F)(F)F)C1. The summed E-state index contributed by atoms with van der Waals surface area (Å²) < 4.78 is 46.0. The quantitative estimate of drug-likeness (QED) is 0.598. The van der Waals surface area contributed by atoms with Crippen LogP contribution in [0.4, 0.5) is 18.9 Å². The molecule has 25 heavy (non-hydrogen) atoms. The summed E-state index contributed by atoms with van der Waals surface area (Å²) >= 11 is 0. The molecule has 0 fully saturated rings. The minimum atomic E-state index is -4.40. The van der Waals surface area contributed by atoms with Crippen molar-refractivity contribution < 1.29 is 17.6 Å². The molecular weight excluding hydrogens is 327 g/mol. The monoisotopic (exact) mass is 345 g/mol. The van der Waals surface area contributed by atoms with E-state index in [1.807, 2.05) is 0 Å². The van der Waals surface area contributed by atoms with Gasteiger partial charge in [-0.1, -0.05) is 38.1 Å². The molecule has 1 aliphatic heterocycles. The predicted molar refractivity (Wildman–Crippen MR) is 90.2 cm³/mol. The fourth-order valence-electron chi connectivity index (χ4n) is 3.78. The average molecular weight is 345 g/mol. The Labute approximate surface area is 144 Å². The number of fused-ring (bicyclic) bond motifs is 2. The van der Waals surface area contributed by atoms with Gasteiger partial charge < -0.3 is 4.42 Å². The summed E-state index contributed by atoms with van der Waals surface area (Å²) in [7, 11) is 0. The minimum Gasteiger partial charge on any atom is -0.470 e. The Morgan fingerprint density at radius 3 is 2.64 bits per heavy atom. The van der Waals surface area contributed by atoms with E-state index in [-0.39, 0.29) is 11.0 Å². The number of nitrogens with zero attached hydrogens (tertiary/aromatic N) is 1. The number of rotatable bonds is 1. The average Bonchev–Trinajstić information content (AvgIpc) is 2.98. The molecule has 2 heterocycles. The first kappa shape index (κ1) is 16.2. The molecule has 2 nitrogen and oxygen atoms in total. The van der Waals surface area contributed by atoms with Gasteiger partial charge in [0.15, 0.2) is 0 Å². The van der Waals surface area contributed by atoms with E-state index in [2.05, 4.69) is 24.9 Å². The van der Waals surface area contributed by atoms with E-state index in [1.54, 1.807) is 12.1 Å². The molecule has 0 saturated carbocycles. The summed E-state index contributed by atoms with van der Waals surface area (Å²) in [6.07, 6.45) is 2.26. The van der Waals surface area contributed by atoms with E-state index in [0.717, 1.165) is 30.2 Å². The van der Waals surface area contributed by atoms with E-state index in [1.165, 1.54) is 18.6 Å². The highest BCUT2D eigenvalue weighted by atomic mass is 19.4. The maximum Gasteiger partial charge on any atom is 0.416 e. The normalized spacial score (nSPS) is 21.9. The molecule has 1 aliphatic carbocycles. The van der Waals surface area contributed by atoms with Gasteiger partial charge in [0.05, 0.1) is 11.8 Å². The number of halogens is 3. The highest BCUT2D eigenvalue weighted by Crippen LogP contribution is 2.50. The van der Waals surface area contributed by atoms with Crippen LogP contribution < -0.4 is 0 Å². The number of furan rings is 1. The van der Waals surface area contributed by atoms with Crippen molar-refractivity contribution in [3.63, 3.8) is 0 Å². The van der Waals surface area contributed by atoms with Gasteiger partial charge in [-0.15, -0.1) is 0 Å². The highest BCUT2D eigenvalue weighted by Gasteiger charge is 2.41. The van der Waals surface area contributed by atoms with Crippen LogP contribution in [-0.4, -0.2) is 5.71 Å². The number of aliphatic imine (C=N–C) groups is 1. The summed E-state index contributed by atoms with van der Waals surface area (Å²) in [5.74, 6) is -0.491. The van der Waals surface area contributed by atoms with Gasteiger partial charge in [-0.25, -0.2) is 4.99 Å². The Hall–Kier alpha value is -2.30. The lowest BCUT2D eigenvalue weighted by Crippen LogP contribution is -2.28. The third-order valence-corrected chi connectivity index (χ3v) is 4.98. The van der Waals surface area contributed by atoms with Gasteiger partial charge in [0.2, 0.25) is 0 Å². The lowest BCUT2D eigenvalue weighted by atomic mass is 9.70. The maximum atomic E-state index is 13.6. The molecule has 130 valence electrons. The molecule has 0 N–H and O–H groups in total. The summed E-state index contributed by atoms with van der Waals surface area (Å²) in [5, 5.41) is 0. The maximum absolute atomic E-state index is 13.6. The van der Waals surface area contributed by atoms with Crippen molar-refractivity contribution in [2.45, 2.75) is 38.8 Å². The molecule has 1 unspecified atom stereocenters. The van der Waals surface area contributed by atoms with Crippen LogP contribution >= 0.6 is 0 Å². The Morgan fingerprint density at radius 1 is 1.12 bits per heavy atom. The standard InChI is InChI=1S/C20H18F3NO/c1-19(2)8-7-13-16(9-19)24-17-11-25-10-14(17)18(13)12-5-3-4-6-15(12)20(21,22)23/h3-7,10-11,18H,8-9H2,1-2H3. The Balaban J connectivity index is 1.94.